The minimum absolute atomic E-state index is 0.232. The van der Waals surface area contributed by atoms with Crippen molar-refractivity contribution in [2.45, 2.75) is 31.6 Å². The highest BCUT2D eigenvalue weighted by Crippen LogP contribution is 2.38. The Kier molecular flexibility index (Phi) is 6.12. The number of carbonyl (C=O) groups excluding carboxylic acids is 1. The zero-order chi connectivity index (χ0) is 20.8. The molecule has 0 aromatic heterocycles. The van der Waals surface area contributed by atoms with Crippen LogP contribution in [0.5, 0.6) is 0 Å². The average Bonchev–Trinajstić information content (AvgIpc) is 2.72. The number of nitro benzene ring substituents is 2. The van der Waals surface area contributed by atoms with Gasteiger partial charge in [0.25, 0.3) is 11.4 Å². The number of nitrogens with one attached hydrogen (secondary N) is 1. The van der Waals surface area contributed by atoms with Crippen LogP contribution in [0.15, 0.2) is 53.7 Å². The van der Waals surface area contributed by atoms with Gasteiger partial charge in [-0.25, -0.2) is 4.79 Å². The molecule has 1 unspecified atom stereocenters. The molecule has 2 aromatic carbocycles. The van der Waals surface area contributed by atoms with E-state index in [4.69, 9.17) is 4.84 Å². The SMILES string of the molecule is O=C(Nc1ccccc1)O/N=C1/CCCC(c2ccc([N+](=O)[O-])cc2[N+](=O)[O-])C1. The molecule has 0 radical (unpaired) electrons. The van der Waals surface area contributed by atoms with E-state index in [1.54, 1.807) is 24.3 Å². The predicted octanol–water partition coefficient (Wildman–Crippen LogP) is 4.77. The molecule has 29 heavy (non-hydrogen) atoms. The van der Waals surface area contributed by atoms with Crippen LogP contribution in [0.3, 0.4) is 0 Å². The van der Waals surface area contributed by atoms with E-state index in [2.05, 4.69) is 10.5 Å². The van der Waals surface area contributed by atoms with Crippen LogP contribution in [0, 0.1) is 20.2 Å². The summed E-state index contributed by atoms with van der Waals surface area (Å²) in [6, 6.07) is 12.4. The van der Waals surface area contributed by atoms with Crippen molar-refractivity contribution < 1.29 is 19.5 Å². The molecule has 1 amide bonds. The molecule has 0 aliphatic heterocycles. The highest BCUT2D eigenvalue weighted by molar-refractivity contribution is 5.88. The molecule has 3 rings (SSSR count). The second-order valence-corrected chi connectivity index (χ2v) is 6.58. The van der Waals surface area contributed by atoms with Crippen molar-refractivity contribution in [2.75, 3.05) is 5.32 Å². The monoisotopic (exact) mass is 398 g/mol. The second kappa shape index (κ2) is 8.91. The largest absolute Gasteiger partial charge is 0.437 e. The molecule has 1 aliphatic rings. The molecule has 10 heteroatoms. The number of benzene rings is 2. The van der Waals surface area contributed by atoms with Crippen LogP contribution in [-0.4, -0.2) is 21.7 Å². The third kappa shape index (κ3) is 5.12. The van der Waals surface area contributed by atoms with Crippen molar-refractivity contribution in [3.05, 3.63) is 74.3 Å². The van der Waals surface area contributed by atoms with Gasteiger partial charge in [-0.1, -0.05) is 23.4 Å². The number of nitrogens with zero attached hydrogens (tertiary/aromatic N) is 3. The van der Waals surface area contributed by atoms with Crippen LogP contribution in [0.25, 0.3) is 0 Å². The Morgan fingerprint density at radius 3 is 2.55 bits per heavy atom. The van der Waals surface area contributed by atoms with Crippen LogP contribution >= 0.6 is 0 Å². The maximum Gasteiger partial charge on any atom is 0.437 e. The number of oxime groups is 1. The first-order valence-electron chi connectivity index (χ1n) is 8.95. The molecule has 1 saturated carbocycles. The Balaban J connectivity index is 1.70. The first-order valence-corrected chi connectivity index (χ1v) is 8.95. The fraction of sp³-hybridized carbons (Fsp3) is 0.263. The van der Waals surface area contributed by atoms with Crippen LogP contribution in [-0.2, 0) is 4.84 Å². The van der Waals surface area contributed by atoms with Gasteiger partial charge in [0, 0.05) is 17.3 Å². The molecule has 0 bridgehead atoms. The first kappa shape index (κ1) is 19.9. The number of hydrogen-bond donors (Lipinski definition) is 1. The predicted molar refractivity (Wildman–Crippen MR) is 105 cm³/mol. The van der Waals surface area contributed by atoms with Crippen LogP contribution < -0.4 is 5.32 Å². The number of hydrogen-bond acceptors (Lipinski definition) is 7. The van der Waals surface area contributed by atoms with Crippen molar-refractivity contribution in [3.63, 3.8) is 0 Å². The van der Waals surface area contributed by atoms with E-state index in [9.17, 15) is 25.0 Å². The standard InChI is InChI=1S/C19H18N4O6/c24-19(20-14-6-2-1-3-7-14)29-21-15-8-4-5-13(11-15)17-10-9-16(22(25)26)12-18(17)23(27)28/h1-3,6-7,9-10,12-13H,4-5,8,11H2,(H,20,24)/b21-15-. The van der Waals surface area contributed by atoms with Gasteiger partial charge in [0.05, 0.1) is 21.6 Å². The zero-order valence-electron chi connectivity index (χ0n) is 15.3. The molecule has 10 nitrogen and oxygen atoms in total. The molecule has 1 N–H and O–H groups in total. The Morgan fingerprint density at radius 2 is 1.86 bits per heavy atom. The average molecular weight is 398 g/mol. The summed E-state index contributed by atoms with van der Waals surface area (Å²) in [5, 5.41) is 28.7. The molecule has 1 atom stereocenters. The number of rotatable bonds is 5. The van der Waals surface area contributed by atoms with Crippen molar-refractivity contribution in [1.82, 2.24) is 0 Å². The minimum atomic E-state index is -0.730. The summed E-state index contributed by atoms with van der Waals surface area (Å²) in [5.41, 5.74) is 0.985. The molecule has 150 valence electrons. The molecular weight excluding hydrogens is 380 g/mol. The fourth-order valence-electron chi connectivity index (χ4n) is 3.31. The van der Waals surface area contributed by atoms with Crippen molar-refractivity contribution in [1.29, 1.82) is 0 Å². The van der Waals surface area contributed by atoms with E-state index in [1.807, 2.05) is 6.07 Å². The summed E-state index contributed by atoms with van der Waals surface area (Å²) in [5.74, 6) is -0.232. The number of para-hydroxylation sites is 1. The van der Waals surface area contributed by atoms with Crippen LogP contribution in [0.1, 0.15) is 37.2 Å². The van der Waals surface area contributed by atoms with E-state index >= 15 is 0 Å². The Hall–Kier alpha value is -3.82. The third-order valence-electron chi connectivity index (χ3n) is 4.64. The maximum atomic E-state index is 11.9. The molecule has 1 aliphatic carbocycles. The highest BCUT2D eigenvalue weighted by Gasteiger charge is 2.28. The number of nitro groups is 2. The van der Waals surface area contributed by atoms with Gasteiger partial charge >= 0.3 is 6.09 Å². The molecule has 2 aromatic rings. The number of non-ortho nitro benzene ring substituents is 1. The lowest BCUT2D eigenvalue weighted by Gasteiger charge is -2.22. The van der Waals surface area contributed by atoms with Gasteiger partial charge < -0.3 is 0 Å². The Labute approximate surface area is 165 Å². The topological polar surface area (TPSA) is 137 Å². The zero-order valence-corrected chi connectivity index (χ0v) is 15.3. The first-order chi connectivity index (χ1) is 13.9. The van der Waals surface area contributed by atoms with Crippen molar-refractivity contribution in [3.8, 4) is 0 Å². The van der Waals surface area contributed by atoms with Crippen LogP contribution in [0.2, 0.25) is 0 Å². The van der Waals surface area contributed by atoms with Crippen LogP contribution in [0.4, 0.5) is 21.9 Å². The van der Waals surface area contributed by atoms with Crippen molar-refractivity contribution >= 4 is 28.9 Å². The van der Waals surface area contributed by atoms with E-state index in [0.717, 1.165) is 6.07 Å². The summed E-state index contributed by atoms with van der Waals surface area (Å²) in [4.78, 5) is 37.8. The summed E-state index contributed by atoms with van der Waals surface area (Å²) in [6.45, 7) is 0. The lowest BCUT2D eigenvalue weighted by molar-refractivity contribution is -0.394. The van der Waals surface area contributed by atoms with Gasteiger partial charge in [0.15, 0.2) is 0 Å². The Bertz CT molecular complexity index is 960. The second-order valence-electron chi connectivity index (χ2n) is 6.58. The normalized spacial score (nSPS) is 17.5. The van der Waals surface area contributed by atoms with E-state index in [-0.39, 0.29) is 17.3 Å². The van der Waals surface area contributed by atoms with E-state index < -0.39 is 15.9 Å². The Morgan fingerprint density at radius 1 is 1.10 bits per heavy atom. The molecule has 0 saturated heterocycles. The highest BCUT2D eigenvalue weighted by atomic mass is 16.7. The van der Waals surface area contributed by atoms with E-state index in [0.29, 0.717) is 42.6 Å². The van der Waals surface area contributed by atoms with Gasteiger partial charge in [0.2, 0.25) is 0 Å². The van der Waals surface area contributed by atoms with Gasteiger partial charge in [-0.15, -0.1) is 0 Å². The quantitative estimate of drug-likeness (QED) is 0.438. The fourth-order valence-corrected chi connectivity index (χ4v) is 3.31. The third-order valence-corrected chi connectivity index (χ3v) is 4.64. The van der Waals surface area contributed by atoms with Crippen molar-refractivity contribution in [2.24, 2.45) is 5.16 Å². The molecule has 1 fully saturated rings. The summed E-state index contributed by atoms with van der Waals surface area (Å²) >= 11 is 0. The van der Waals surface area contributed by atoms with Gasteiger partial charge in [-0.2, -0.15) is 0 Å². The molecular formula is C19H18N4O6. The number of amides is 1. The maximum absolute atomic E-state index is 11.9. The lowest BCUT2D eigenvalue weighted by Crippen LogP contribution is -2.17. The van der Waals surface area contributed by atoms with Gasteiger partial charge in [-0.05, 0) is 49.8 Å². The van der Waals surface area contributed by atoms with Gasteiger partial charge in [-0.3, -0.25) is 30.4 Å². The summed E-state index contributed by atoms with van der Waals surface area (Å²) in [7, 11) is 0. The molecule has 0 spiro atoms. The number of carbonyl (C=O) groups is 1. The lowest BCUT2D eigenvalue weighted by atomic mass is 9.82. The summed E-state index contributed by atoms with van der Waals surface area (Å²) in [6.07, 6.45) is 1.63. The molecule has 0 heterocycles. The van der Waals surface area contributed by atoms with E-state index in [1.165, 1.54) is 12.1 Å². The smallest absolute Gasteiger partial charge is 0.298 e. The number of anilines is 1. The van der Waals surface area contributed by atoms with Gasteiger partial charge in [0.1, 0.15) is 0 Å². The minimum Gasteiger partial charge on any atom is -0.298 e. The summed E-state index contributed by atoms with van der Waals surface area (Å²) < 4.78 is 0.